The second kappa shape index (κ2) is 2.22. The zero-order valence-electron chi connectivity index (χ0n) is 8.54. The van der Waals surface area contributed by atoms with E-state index in [0.717, 1.165) is 6.61 Å². The van der Waals surface area contributed by atoms with E-state index in [1.807, 2.05) is 0 Å². The molecule has 0 radical (unpaired) electrons. The summed E-state index contributed by atoms with van der Waals surface area (Å²) in [4.78, 5) is 11.0. The molecule has 2 saturated heterocycles. The average molecular weight is 193 g/mol. The maximum absolute atomic E-state index is 11.0. The van der Waals surface area contributed by atoms with Gasteiger partial charge in [-0.15, -0.1) is 0 Å². The van der Waals surface area contributed by atoms with Crippen LogP contribution in [-0.2, 0) is 9.53 Å². The van der Waals surface area contributed by atoms with Gasteiger partial charge in [-0.1, -0.05) is 26.0 Å². The first kappa shape index (κ1) is 8.48. The molecule has 0 aromatic heterocycles. The summed E-state index contributed by atoms with van der Waals surface area (Å²) < 4.78 is 5.51. The molecule has 0 bridgehead atoms. The summed E-state index contributed by atoms with van der Waals surface area (Å²) in [5, 5.41) is 3.02. The van der Waals surface area contributed by atoms with E-state index in [9.17, 15) is 4.79 Å². The first-order chi connectivity index (χ1) is 6.58. The van der Waals surface area contributed by atoms with Gasteiger partial charge in [0.1, 0.15) is 5.60 Å². The van der Waals surface area contributed by atoms with Crippen molar-refractivity contribution in [3.8, 4) is 0 Å². The smallest absolute Gasteiger partial charge is 0.223 e. The van der Waals surface area contributed by atoms with Crippen molar-refractivity contribution in [3.05, 3.63) is 12.2 Å². The van der Waals surface area contributed by atoms with E-state index in [1.165, 1.54) is 0 Å². The highest BCUT2D eigenvalue weighted by molar-refractivity contribution is 5.86. The van der Waals surface area contributed by atoms with Crippen molar-refractivity contribution in [2.75, 3.05) is 6.61 Å². The molecular formula is C11H15NO2. The van der Waals surface area contributed by atoms with Gasteiger partial charge >= 0.3 is 0 Å². The number of ether oxygens (including phenoxy) is 1. The van der Waals surface area contributed by atoms with Crippen LogP contribution in [-0.4, -0.2) is 23.7 Å². The van der Waals surface area contributed by atoms with Gasteiger partial charge in [0.2, 0.25) is 5.91 Å². The number of carbonyl (C=O) groups excluding carboxylic acids is 1. The fraction of sp³-hybridized carbons (Fsp3) is 0.727. The molecule has 2 aliphatic heterocycles. The number of β-lactam (4-membered cyclic amide) rings is 1. The number of rotatable bonds is 0. The Labute approximate surface area is 83.5 Å². The fourth-order valence-electron chi connectivity index (χ4n) is 2.79. The summed E-state index contributed by atoms with van der Waals surface area (Å²) in [5.74, 6) is 1.13. The minimum Gasteiger partial charge on any atom is -0.365 e. The standard InChI is InChI=1S/C11H15NO2/c1-7-8(2)11(6-14-11)4-3-10(7)5-9(13)12-10/h3-4,7-8H,5-6H2,1-2H3,(H,12,13)/t7-,8+,10?,11-/m1/s1. The van der Waals surface area contributed by atoms with Crippen LogP contribution in [0.25, 0.3) is 0 Å². The molecule has 1 aliphatic carbocycles. The van der Waals surface area contributed by atoms with E-state index in [0.29, 0.717) is 18.3 Å². The summed E-state index contributed by atoms with van der Waals surface area (Å²) in [6, 6.07) is 0. The molecular weight excluding hydrogens is 178 g/mol. The van der Waals surface area contributed by atoms with Crippen LogP contribution in [0.15, 0.2) is 12.2 Å². The molecule has 3 nitrogen and oxygen atoms in total. The summed E-state index contributed by atoms with van der Waals surface area (Å²) in [5.41, 5.74) is -0.0569. The molecule has 14 heavy (non-hydrogen) atoms. The summed E-state index contributed by atoms with van der Waals surface area (Å²) in [6.45, 7) is 5.27. The van der Waals surface area contributed by atoms with Crippen LogP contribution in [0.2, 0.25) is 0 Å². The molecule has 0 saturated carbocycles. The molecule has 4 atom stereocenters. The summed E-state index contributed by atoms with van der Waals surface area (Å²) in [6.07, 6.45) is 4.94. The molecule has 1 unspecified atom stereocenters. The monoisotopic (exact) mass is 193 g/mol. The molecule has 0 aromatic rings. The van der Waals surface area contributed by atoms with Crippen molar-refractivity contribution in [1.29, 1.82) is 0 Å². The van der Waals surface area contributed by atoms with Gasteiger partial charge < -0.3 is 10.1 Å². The SMILES string of the molecule is C[C@@H]1[C@H](C)[C@@]2(C=CC13CC(=O)N3)CO2. The normalized spacial score (nSPS) is 54.6. The number of amides is 1. The predicted molar refractivity (Wildman–Crippen MR) is 51.6 cm³/mol. The van der Waals surface area contributed by atoms with Crippen molar-refractivity contribution in [1.82, 2.24) is 5.32 Å². The van der Waals surface area contributed by atoms with E-state index in [2.05, 4.69) is 31.3 Å². The fourth-order valence-corrected chi connectivity index (χ4v) is 2.79. The highest BCUT2D eigenvalue weighted by atomic mass is 16.6. The van der Waals surface area contributed by atoms with Crippen molar-refractivity contribution in [3.63, 3.8) is 0 Å². The topological polar surface area (TPSA) is 41.6 Å². The van der Waals surface area contributed by atoms with Crippen LogP contribution < -0.4 is 5.32 Å². The molecule has 3 rings (SSSR count). The highest BCUT2D eigenvalue weighted by Crippen LogP contribution is 2.50. The van der Waals surface area contributed by atoms with E-state index in [4.69, 9.17) is 4.74 Å². The minimum absolute atomic E-state index is 0.00494. The van der Waals surface area contributed by atoms with Gasteiger partial charge in [0, 0.05) is 0 Å². The van der Waals surface area contributed by atoms with E-state index < -0.39 is 0 Å². The Morgan fingerprint density at radius 2 is 2.07 bits per heavy atom. The van der Waals surface area contributed by atoms with Gasteiger partial charge in [0.25, 0.3) is 0 Å². The largest absolute Gasteiger partial charge is 0.365 e. The van der Waals surface area contributed by atoms with Crippen LogP contribution in [0.4, 0.5) is 0 Å². The van der Waals surface area contributed by atoms with Gasteiger partial charge in [-0.3, -0.25) is 4.79 Å². The van der Waals surface area contributed by atoms with E-state index in [-0.39, 0.29) is 17.0 Å². The Kier molecular flexibility index (Phi) is 1.34. The number of nitrogens with one attached hydrogen (secondary N) is 1. The van der Waals surface area contributed by atoms with Gasteiger partial charge in [0.05, 0.1) is 18.6 Å². The maximum atomic E-state index is 11.0. The maximum Gasteiger partial charge on any atom is 0.223 e. The Morgan fingerprint density at radius 3 is 2.57 bits per heavy atom. The number of carbonyl (C=O) groups is 1. The summed E-state index contributed by atoms with van der Waals surface area (Å²) >= 11 is 0. The third kappa shape index (κ3) is 0.836. The van der Waals surface area contributed by atoms with E-state index >= 15 is 0 Å². The van der Waals surface area contributed by atoms with Crippen LogP contribution in [0.5, 0.6) is 0 Å². The molecule has 1 amide bonds. The molecule has 2 spiro atoms. The lowest BCUT2D eigenvalue weighted by molar-refractivity contribution is -0.134. The number of hydrogen-bond donors (Lipinski definition) is 1. The lowest BCUT2D eigenvalue weighted by atomic mass is 9.63. The van der Waals surface area contributed by atoms with Gasteiger partial charge in [-0.05, 0) is 11.8 Å². The molecule has 2 heterocycles. The predicted octanol–water partition coefficient (Wildman–Crippen LogP) is 0.856. The average Bonchev–Trinajstić information content (AvgIpc) is 2.87. The Morgan fingerprint density at radius 1 is 1.43 bits per heavy atom. The lowest BCUT2D eigenvalue weighted by Crippen LogP contribution is -2.66. The zero-order chi connectivity index (χ0) is 9.97. The second-order valence-electron chi connectivity index (χ2n) is 4.92. The van der Waals surface area contributed by atoms with Crippen LogP contribution in [0, 0.1) is 11.8 Å². The van der Waals surface area contributed by atoms with Crippen molar-refractivity contribution >= 4 is 5.91 Å². The third-order valence-electron chi connectivity index (χ3n) is 4.30. The summed E-state index contributed by atoms with van der Waals surface area (Å²) in [7, 11) is 0. The van der Waals surface area contributed by atoms with Gasteiger partial charge in [-0.2, -0.15) is 0 Å². The molecule has 3 aliphatic rings. The quantitative estimate of drug-likeness (QED) is 0.352. The van der Waals surface area contributed by atoms with Crippen molar-refractivity contribution in [2.45, 2.75) is 31.4 Å². The molecule has 0 aromatic carbocycles. The molecule has 76 valence electrons. The number of hydrogen-bond acceptors (Lipinski definition) is 2. The highest BCUT2D eigenvalue weighted by Gasteiger charge is 2.59. The minimum atomic E-state index is -0.0618. The zero-order valence-corrected chi connectivity index (χ0v) is 8.54. The number of epoxide rings is 1. The van der Waals surface area contributed by atoms with Crippen LogP contribution in [0.3, 0.4) is 0 Å². The van der Waals surface area contributed by atoms with Gasteiger partial charge in [0.15, 0.2) is 0 Å². The third-order valence-corrected chi connectivity index (χ3v) is 4.30. The molecule has 3 heteroatoms. The Balaban J connectivity index is 1.93. The van der Waals surface area contributed by atoms with Crippen molar-refractivity contribution in [2.24, 2.45) is 11.8 Å². The lowest BCUT2D eigenvalue weighted by Gasteiger charge is -2.50. The van der Waals surface area contributed by atoms with Crippen LogP contribution >= 0.6 is 0 Å². The second-order valence-corrected chi connectivity index (χ2v) is 4.92. The van der Waals surface area contributed by atoms with Crippen molar-refractivity contribution < 1.29 is 9.53 Å². The Bertz CT molecular complexity index is 322. The van der Waals surface area contributed by atoms with Gasteiger partial charge in [-0.25, -0.2) is 0 Å². The van der Waals surface area contributed by atoms with Crippen LogP contribution in [0.1, 0.15) is 20.3 Å². The Hall–Kier alpha value is -0.830. The first-order valence-electron chi connectivity index (χ1n) is 5.23. The molecule has 2 fully saturated rings. The van der Waals surface area contributed by atoms with E-state index in [1.54, 1.807) is 0 Å². The molecule has 1 N–H and O–H groups in total. The first-order valence-corrected chi connectivity index (χ1v) is 5.23.